The molecule has 0 aliphatic carbocycles. The van der Waals surface area contributed by atoms with E-state index >= 15 is 0 Å². The molecule has 0 aromatic heterocycles. The Kier molecular flexibility index (Phi) is 9.54. The molecule has 0 fully saturated rings. The third kappa shape index (κ3) is 8.51. The van der Waals surface area contributed by atoms with Gasteiger partial charge in [-0.15, -0.1) is 0 Å². The van der Waals surface area contributed by atoms with Crippen LogP contribution in [0.1, 0.15) is 38.8 Å². The lowest BCUT2D eigenvalue weighted by Crippen LogP contribution is -2.54. The van der Waals surface area contributed by atoms with Crippen LogP contribution in [0.5, 0.6) is 0 Å². The summed E-state index contributed by atoms with van der Waals surface area (Å²) in [6.45, 7) is 5.56. The van der Waals surface area contributed by atoms with Crippen LogP contribution in [0.25, 0.3) is 0 Å². The summed E-state index contributed by atoms with van der Waals surface area (Å²) in [6.07, 6.45) is -3.96. The van der Waals surface area contributed by atoms with Crippen LogP contribution >= 0.6 is 23.2 Å². The fourth-order valence-corrected chi connectivity index (χ4v) is 4.72. The second-order valence-electron chi connectivity index (χ2n) is 9.45. The molecule has 0 spiro atoms. The zero-order valence-corrected chi connectivity index (χ0v) is 23.2. The Balaban J connectivity index is 2.52. The molecule has 2 amide bonds. The van der Waals surface area contributed by atoms with Gasteiger partial charge in [-0.05, 0) is 58.0 Å². The SMILES string of the molecule is C[C@@H](C(=O)NC(C)(C)C)N(Cc1c(Cl)cccc1Cl)C(=O)CN(c1cccc(C(F)(F)F)c1)S(C)(=O)=O. The van der Waals surface area contributed by atoms with Gasteiger partial charge in [-0.3, -0.25) is 13.9 Å². The van der Waals surface area contributed by atoms with Crippen LogP contribution in [-0.2, 0) is 32.3 Å². The number of rotatable bonds is 8. The van der Waals surface area contributed by atoms with Gasteiger partial charge in [-0.1, -0.05) is 35.3 Å². The second-order valence-corrected chi connectivity index (χ2v) is 12.2. The average Bonchev–Trinajstić information content (AvgIpc) is 2.74. The molecular weight excluding hydrogens is 554 g/mol. The number of nitrogens with zero attached hydrogens (tertiary/aromatic N) is 2. The van der Waals surface area contributed by atoms with Gasteiger partial charge >= 0.3 is 6.18 Å². The van der Waals surface area contributed by atoms with Crippen molar-refractivity contribution in [3.8, 4) is 0 Å². The first kappa shape index (κ1) is 30.7. The highest BCUT2D eigenvalue weighted by Gasteiger charge is 2.34. The smallest absolute Gasteiger partial charge is 0.350 e. The molecule has 0 heterocycles. The molecule has 7 nitrogen and oxygen atoms in total. The fraction of sp³-hybridized carbons (Fsp3) is 0.417. The van der Waals surface area contributed by atoms with Gasteiger partial charge in [0.25, 0.3) is 0 Å². The highest BCUT2D eigenvalue weighted by molar-refractivity contribution is 7.92. The lowest BCUT2D eigenvalue weighted by molar-refractivity contribution is -0.140. The zero-order chi connectivity index (χ0) is 28.3. The Morgan fingerprint density at radius 2 is 1.57 bits per heavy atom. The molecule has 37 heavy (non-hydrogen) atoms. The highest BCUT2D eigenvalue weighted by atomic mass is 35.5. The predicted octanol–water partition coefficient (Wildman–Crippen LogP) is 5.11. The molecule has 1 N–H and O–H groups in total. The number of halogens is 5. The molecule has 13 heteroatoms. The van der Waals surface area contributed by atoms with Crippen molar-refractivity contribution >= 4 is 50.7 Å². The van der Waals surface area contributed by atoms with E-state index in [0.29, 0.717) is 15.9 Å². The number of sulfonamides is 1. The summed E-state index contributed by atoms with van der Waals surface area (Å²) in [6, 6.07) is 7.18. The van der Waals surface area contributed by atoms with E-state index in [1.807, 2.05) is 0 Å². The van der Waals surface area contributed by atoms with Gasteiger partial charge in [0, 0.05) is 27.7 Å². The molecule has 0 bridgehead atoms. The summed E-state index contributed by atoms with van der Waals surface area (Å²) in [7, 11) is -4.21. The topological polar surface area (TPSA) is 86.8 Å². The number of benzene rings is 2. The van der Waals surface area contributed by atoms with E-state index in [1.54, 1.807) is 26.8 Å². The molecule has 0 saturated heterocycles. The minimum atomic E-state index is -4.73. The Bertz CT molecular complexity index is 1240. The first-order valence-corrected chi connectivity index (χ1v) is 13.6. The molecule has 0 aliphatic rings. The largest absolute Gasteiger partial charge is 0.416 e. The van der Waals surface area contributed by atoms with Crippen molar-refractivity contribution in [2.75, 3.05) is 17.1 Å². The number of hydrogen-bond acceptors (Lipinski definition) is 4. The molecule has 204 valence electrons. The van der Waals surface area contributed by atoms with Gasteiger partial charge in [0.15, 0.2) is 0 Å². The Morgan fingerprint density at radius 3 is 2.05 bits per heavy atom. The standard InChI is InChI=1S/C24H28Cl2F3N3O4S/c1-15(22(34)30-23(2,3)4)31(13-18-19(25)10-7-11-20(18)26)21(33)14-32(37(5,35)36)17-9-6-8-16(12-17)24(27,28)29/h6-12,15H,13-14H2,1-5H3,(H,30,34)/t15-/m0/s1. The number of carbonyl (C=O) groups is 2. The number of alkyl halides is 3. The van der Waals surface area contributed by atoms with E-state index in [-0.39, 0.29) is 22.3 Å². The van der Waals surface area contributed by atoms with Gasteiger partial charge in [-0.25, -0.2) is 8.42 Å². The molecule has 0 saturated carbocycles. The number of nitrogens with one attached hydrogen (secondary N) is 1. The van der Waals surface area contributed by atoms with Crippen LogP contribution in [0.15, 0.2) is 42.5 Å². The molecule has 0 aliphatic heterocycles. The van der Waals surface area contributed by atoms with Crippen molar-refractivity contribution in [2.24, 2.45) is 0 Å². The average molecular weight is 582 g/mol. The number of anilines is 1. The lowest BCUT2D eigenvalue weighted by Gasteiger charge is -2.33. The predicted molar refractivity (Wildman–Crippen MR) is 138 cm³/mol. The van der Waals surface area contributed by atoms with Gasteiger partial charge in [0.2, 0.25) is 21.8 Å². The molecule has 2 rings (SSSR count). The highest BCUT2D eigenvalue weighted by Crippen LogP contribution is 2.32. The minimum absolute atomic E-state index is 0.214. The van der Waals surface area contributed by atoms with Crippen molar-refractivity contribution in [2.45, 2.75) is 52.0 Å². The van der Waals surface area contributed by atoms with Crippen molar-refractivity contribution < 1.29 is 31.2 Å². The number of carbonyl (C=O) groups excluding carboxylic acids is 2. The molecule has 0 radical (unpaired) electrons. The Labute approximate surface area is 224 Å². The summed E-state index contributed by atoms with van der Waals surface area (Å²) in [5, 5.41) is 3.18. The van der Waals surface area contributed by atoms with Crippen LogP contribution < -0.4 is 9.62 Å². The third-order valence-electron chi connectivity index (χ3n) is 5.20. The van der Waals surface area contributed by atoms with Crippen molar-refractivity contribution in [1.29, 1.82) is 0 Å². The number of amides is 2. The van der Waals surface area contributed by atoms with Crippen LogP contribution in [0, 0.1) is 0 Å². The van der Waals surface area contributed by atoms with Crippen LogP contribution in [0.3, 0.4) is 0 Å². The minimum Gasteiger partial charge on any atom is -0.350 e. The van der Waals surface area contributed by atoms with E-state index in [2.05, 4.69) is 5.32 Å². The summed E-state index contributed by atoms with van der Waals surface area (Å²) in [5.41, 5.74) is -1.75. The number of hydrogen-bond donors (Lipinski definition) is 1. The first-order valence-electron chi connectivity index (χ1n) is 11.0. The van der Waals surface area contributed by atoms with E-state index < -0.39 is 51.7 Å². The molecular formula is C24H28Cl2F3N3O4S. The fourth-order valence-electron chi connectivity index (χ4n) is 3.36. The molecule has 2 aromatic rings. The van der Waals surface area contributed by atoms with Gasteiger partial charge in [0.1, 0.15) is 12.6 Å². The first-order chi connectivity index (χ1) is 16.8. The van der Waals surface area contributed by atoms with Crippen molar-refractivity contribution in [3.63, 3.8) is 0 Å². The summed E-state index contributed by atoms with van der Waals surface area (Å²) in [4.78, 5) is 27.6. The lowest BCUT2D eigenvalue weighted by atomic mass is 10.1. The van der Waals surface area contributed by atoms with E-state index in [0.717, 1.165) is 29.4 Å². The molecule has 1 atom stereocenters. The maximum absolute atomic E-state index is 13.5. The van der Waals surface area contributed by atoms with Gasteiger partial charge in [-0.2, -0.15) is 13.2 Å². The summed E-state index contributed by atoms with van der Waals surface area (Å²) < 4.78 is 65.4. The van der Waals surface area contributed by atoms with E-state index in [1.165, 1.54) is 19.1 Å². The van der Waals surface area contributed by atoms with Crippen LogP contribution in [0.4, 0.5) is 18.9 Å². The van der Waals surface area contributed by atoms with Crippen LogP contribution in [-0.4, -0.2) is 49.5 Å². The quantitative estimate of drug-likeness (QED) is 0.469. The summed E-state index contributed by atoms with van der Waals surface area (Å²) >= 11 is 12.5. The normalized spacial score (nSPS) is 13.1. The van der Waals surface area contributed by atoms with Gasteiger partial charge < -0.3 is 10.2 Å². The van der Waals surface area contributed by atoms with Gasteiger partial charge in [0.05, 0.1) is 17.5 Å². The van der Waals surface area contributed by atoms with Crippen molar-refractivity contribution in [1.82, 2.24) is 10.2 Å². The third-order valence-corrected chi connectivity index (χ3v) is 7.05. The van der Waals surface area contributed by atoms with E-state index in [4.69, 9.17) is 23.2 Å². The monoisotopic (exact) mass is 581 g/mol. The van der Waals surface area contributed by atoms with E-state index in [9.17, 15) is 31.2 Å². The Morgan fingerprint density at radius 1 is 1.03 bits per heavy atom. The Hall–Kier alpha value is -2.50. The maximum Gasteiger partial charge on any atom is 0.416 e. The maximum atomic E-state index is 13.5. The second kappa shape index (κ2) is 11.5. The van der Waals surface area contributed by atoms with Crippen molar-refractivity contribution in [3.05, 3.63) is 63.6 Å². The summed E-state index contributed by atoms with van der Waals surface area (Å²) in [5.74, 6) is -1.38. The molecule has 2 aromatic carbocycles. The van der Waals surface area contributed by atoms with Crippen LogP contribution in [0.2, 0.25) is 10.0 Å². The zero-order valence-electron chi connectivity index (χ0n) is 20.9. The molecule has 0 unspecified atom stereocenters.